The van der Waals surface area contributed by atoms with Crippen molar-refractivity contribution in [2.75, 3.05) is 26.4 Å². The quantitative estimate of drug-likeness (QED) is 0.0222. The van der Waals surface area contributed by atoms with E-state index in [0.29, 0.717) is 91.8 Å². The third-order valence-corrected chi connectivity index (χ3v) is 16.8. The molecule has 400 valence electrons. The maximum atomic E-state index is 14.3. The van der Waals surface area contributed by atoms with Gasteiger partial charge in [0.2, 0.25) is 5.12 Å². The summed E-state index contributed by atoms with van der Waals surface area (Å²) in [5.41, 5.74) is 8.03. The van der Waals surface area contributed by atoms with Crippen LogP contribution >= 0.6 is 23.5 Å². The van der Waals surface area contributed by atoms with E-state index in [1.165, 1.54) is 38.9 Å². The van der Waals surface area contributed by atoms with Crippen LogP contribution < -0.4 is 18.9 Å². The normalized spacial score (nSPS) is 14.6. The Labute approximate surface area is 471 Å². The third kappa shape index (κ3) is 11.2. The summed E-state index contributed by atoms with van der Waals surface area (Å²) in [6.07, 6.45) is 7.66. The van der Waals surface area contributed by atoms with Crippen LogP contribution in [0.5, 0.6) is 23.0 Å². The van der Waals surface area contributed by atoms with Crippen molar-refractivity contribution in [3.8, 4) is 23.0 Å². The SMILES string of the molecule is C=CC(=O)OCCCCOc1ccc2c(OC(=O)c3ccc(C(=O)Sc4cccc5c4C46CCc7cccc(c74)SC(c4ccc(C(=O)Oc7cccc8cc(OCCCCOC(=O)C=C)ccc78)cc4)=C5C6)cc3)cccc2c1. The van der Waals surface area contributed by atoms with Gasteiger partial charge < -0.3 is 28.4 Å². The minimum Gasteiger partial charge on any atom is -0.494 e. The molecule has 80 heavy (non-hydrogen) atoms. The number of carbonyl (C=O) groups excluding carboxylic acids is 5. The number of aryl methyl sites for hydroxylation is 1. The Hall–Kier alpha value is -8.65. The fourth-order valence-electron chi connectivity index (χ4n) is 10.8. The molecule has 2 aliphatic carbocycles. The molecule has 0 radical (unpaired) electrons. The first-order chi connectivity index (χ1) is 39.1. The van der Waals surface area contributed by atoms with Gasteiger partial charge in [0, 0.05) is 48.6 Å². The highest BCUT2D eigenvalue weighted by Crippen LogP contribution is 2.65. The van der Waals surface area contributed by atoms with Gasteiger partial charge in [-0.15, -0.1) is 0 Å². The predicted molar refractivity (Wildman–Crippen MR) is 312 cm³/mol. The molecule has 8 aromatic rings. The minimum atomic E-state index is -0.545. The largest absolute Gasteiger partial charge is 0.494 e. The molecule has 11 nitrogen and oxygen atoms in total. The number of hydrogen-bond donors (Lipinski definition) is 0. The molecule has 1 aliphatic heterocycles. The predicted octanol–water partition coefficient (Wildman–Crippen LogP) is 14.8. The maximum Gasteiger partial charge on any atom is 0.343 e. The van der Waals surface area contributed by atoms with E-state index in [-0.39, 0.29) is 10.5 Å². The lowest BCUT2D eigenvalue weighted by molar-refractivity contribution is -0.138. The zero-order valence-electron chi connectivity index (χ0n) is 43.7. The van der Waals surface area contributed by atoms with Crippen LogP contribution in [0.15, 0.2) is 193 Å². The molecule has 0 N–H and O–H groups in total. The fourth-order valence-corrected chi connectivity index (χ4v) is 13.2. The molecule has 0 saturated carbocycles. The van der Waals surface area contributed by atoms with Gasteiger partial charge in [-0.2, -0.15) is 0 Å². The summed E-state index contributed by atoms with van der Waals surface area (Å²) in [6, 6.07) is 49.4. The van der Waals surface area contributed by atoms with Crippen molar-refractivity contribution < 1.29 is 52.4 Å². The van der Waals surface area contributed by atoms with E-state index in [1.807, 2.05) is 91.0 Å². The van der Waals surface area contributed by atoms with Crippen molar-refractivity contribution in [3.05, 3.63) is 228 Å². The van der Waals surface area contributed by atoms with E-state index >= 15 is 0 Å². The number of ether oxygens (including phenoxy) is 6. The highest BCUT2D eigenvalue weighted by atomic mass is 32.2. The van der Waals surface area contributed by atoms with Gasteiger partial charge in [-0.1, -0.05) is 85.6 Å². The lowest BCUT2D eigenvalue weighted by Crippen LogP contribution is -2.22. The fraction of sp³-hybridized carbons (Fsp3) is 0.179. The maximum absolute atomic E-state index is 14.3. The molecule has 8 aromatic carbocycles. The third-order valence-electron chi connectivity index (χ3n) is 14.6. The van der Waals surface area contributed by atoms with Crippen LogP contribution in [0, 0.1) is 0 Å². The van der Waals surface area contributed by atoms with Crippen LogP contribution in [0.3, 0.4) is 0 Å². The Balaban J connectivity index is 0.774. The molecule has 1 heterocycles. The van der Waals surface area contributed by atoms with Gasteiger partial charge in [0.05, 0.1) is 37.6 Å². The Kier molecular flexibility index (Phi) is 15.8. The molecule has 1 spiro atoms. The van der Waals surface area contributed by atoms with Gasteiger partial charge in [0.15, 0.2) is 0 Å². The van der Waals surface area contributed by atoms with Crippen molar-refractivity contribution in [3.63, 3.8) is 0 Å². The highest BCUT2D eigenvalue weighted by Gasteiger charge is 2.51. The molecule has 0 fully saturated rings. The van der Waals surface area contributed by atoms with E-state index in [2.05, 4.69) is 43.5 Å². The van der Waals surface area contributed by atoms with Gasteiger partial charge in [-0.3, -0.25) is 4.79 Å². The van der Waals surface area contributed by atoms with Crippen LogP contribution in [-0.2, 0) is 30.9 Å². The second kappa shape index (κ2) is 23.8. The second-order valence-corrected chi connectivity index (χ2v) is 21.7. The first-order valence-corrected chi connectivity index (χ1v) is 28.2. The summed E-state index contributed by atoms with van der Waals surface area (Å²) in [5, 5.41) is 3.09. The van der Waals surface area contributed by atoms with Crippen molar-refractivity contribution in [2.45, 2.75) is 60.2 Å². The molecule has 2 bridgehead atoms. The first kappa shape index (κ1) is 53.4. The van der Waals surface area contributed by atoms with E-state index in [9.17, 15) is 24.0 Å². The number of fused-ring (bicyclic) bond motifs is 5. The minimum absolute atomic E-state index is 0.133. The second-order valence-electron chi connectivity index (χ2n) is 19.6. The standard InChI is InChI=1S/C67H54O11S2/c1-3-59(68)75-37-7-5-35-73-49-29-31-51-47(39-49)14-9-17-55(51)77-64(70)44-23-21-43(22-24-44)63-54-41-67(34-33-42-13-11-19-57(79-63)61(42)67)62-53(54)16-12-20-58(62)80-66(72)46-27-25-45(26-28-46)65(71)78-56-18-10-15-48-40-50(30-32-52(48)56)74-36-6-8-38-76-60(69)4-2/h3-4,9-32,39-40H,1-2,5-8,33-38,41H2. The zero-order chi connectivity index (χ0) is 55.2. The smallest absolute Gasteiger partial charge is 0.343 e. The van der Waals surface area contributed by atoms with Gasteiger partial charge in [-0.25, -0.2) is 19.2 Å². The molecule has 11 rings (SSSR count). The van der Waals surface area contributed by atoms with Gasteiger partial charge in [0.1, 0.15) is 23.0 Å². The monoisotopic (exact) mass is 1100 g/mol. The van der Waals surface area contributed by atoms with Crippen LogP contribution in [0.4, 0.5) is 0 Å². The average molecular weight is 1100 g/mol. The van der Waals surface area contributed by atoms with E-state index in [4.69, 9.17) is 28.4 Å². The number of thioether (sulfide) groups is 2. The molecule has 3 aliphatic rings. The lowest BCUT2D eigenvalue weighted by Gasteiger charge is -2.29. The van der Waals surface area contributed by atoms with Crippen LogP contribution in [0.2, 0.25) is 0 Å². The summed E-state index contributed by atoms with van der Waals surface area (Å²) < 4.78 is 33.9. The lowest BCUT2D eigenvalue weighted by atomic mass is 9.76. The number of unbranched alkanes of at least 4 members (excludes halogenated alkanes) is 2. The van der Waals surface area contributed by atoms with Gasteiger partial charge in [0.25, 0.3) is 0 Å². The van der Waals surface area contributed by atoms with Crippen molar-refractivity contribution in [2.24, 2.45) is 0 Å². The Morgan fingerprint density at radius 1 is 0.562 bits per heavy atom. The Morgan fingerprint density at radius 3 is 1.69 bits per heavy atom. The van der Waals surface area contributed by atoms with E-state index < -0.39 is 23.9 Å². The van der Waals surface area contributed by atoms with Crippen LogP contribution in [-0.4, -0.2) is 55.4 Å². The molecule has 1 atom stereocenters. The van der Waals surface area contributed by atoms with Crippen molar-refractivity contribution in [1.82, 2.24) is 0 Å². The van der Waals surface area contributed by atoms with Crippen LogP contribution in [0.25, 0.3) is 32.0 Å². The summed E-state index contributed by atoms with van der Waals surface area (Å²) in [4.78, 5) is 67.4. The number of carbonyl (C=O) groups is 5. The van der Waals surface area contributed by atoms with Gasteiger partial charge in [-0.05, 0) is 198 Å². The van der Waals surface area contributed by atoms with E-state index in [1.54, 1.807) is 48.2 Å². The Bertz CT molecular complexity index is 3810. The summed E-state index contributed by atoms with van der Waals surface area (Å²) in [7, 11) is 0. The topological polar surface area (TPSA) is 141 Å². The first-order valence-electron chi connectivity index (χ1n) is 26.5. The molecule has 0 amide bonds. The number of hydrogen-bond acceptors (Lipinski definition) is 13. The van der Waals surface area contributed by atoms with Gasteiger partial charge >= 0.3 is 23.9 Å². The average Bonchev–Trinajstić information content (AvgIpc) is 2.65. The number of rotatable bonds is 21. The zero-order valence-corrected chi connectivity index (χ0v) is 45.3. The molecular weight excluding hydrogens is 1040 g/mol. The molecule has 0 saturated heterocycles. The van der Waals surface area contributed by atoms with Crippen molar-refractivity contribution >= 4 is 84.5 Å². The Morgan fingerprint density at radius 2 is 1.10 bits per heavy atom. The number of allylic oxidation sites excluding steroid dienone is 1. The van der Waals surface area contributed by atoms with Crippen LogP contribution in [0.1, 0.15) is 97.4 Å². The molecular formula is C67H54O11S2. The molecule has 0 aromatic heterocycles. The molecule has 1 unspecified atom stereocenters. The summed E-state index contributed by atoms with van der Waals surface area (Å²) in [5.74, 6) is 0.301. The number of benzene rings is 8. The highest BCUT2D eigenvalue weighted by molar-refractivity contribution is 8.14. The summed E-state index contributed by atoms with van der Waals surface area (Å²) in [6.45, 7) is 8.32. The summed E-state index contributed by atoms with van der Waals surface area (Å²) >= 11 is 2.99. The number of esters is 4. The molecule has 13 heteroatoms. The van der Waals surface area contributed by atoms with E-state index in [0.717, 1.165) is 73.9 Å². The van der Waals surface area contributed by atoms with Crippen molar-refractivity contribution in [1.29, 1.82) is 0 Å².